The second kappa shape index (κ2) is 15.2. The Hall–Kier alpha value is -3.78. The fraction of sp³-hybridized carbons (Fsp3) is 0.485. The third-order valence-electron chi connectivity index (χ3n) is 8.73. The average molecular weight is 652 g/mol. The highest BCUT2D eigenvalue weighted by Crippen LogP contribution is 2.18. The summed E-state index contributed by atoms with van der Waals surface area (Å²) < 4.78 is 29.4. The van der Waals surface area contributed by atoms with Crippen molar-refractivity contribution in [3.8, 4) is 0 Å². The molecule has 1 aliphatic heterocycles. The molecule has 0 saturated carbocycles. The van der Waals surface area contributed by atoms with Crippen molar-refractivity contribution in [3.05, 3.63) is 87.1 Å². The van der Waals surface area contributed by atoms with E-state index in [2.05, 4.69) is 20.1 Å². The largest absolute Gasteiger partial charge is 0.392 e. The molecule has 4 aromatic rings. The zero-order valence-corrected chi connectivity index (χ0v) is 27.5. The molecule has 248 valence electrons. The number of imidazole rings is 1. The minimum Gasteiger partial charge on any atom is -0.392 e. The summed E-state index contributed by atoms with van der Waals surface area (Å²) in [5.41, 5.74) is 1.10. The van der Waals surface area contributed by atoms with Crippen LogP contribution in [0.2, 0.25) is 0 Å². The van der Waals surface area contributed by atoms with E-state index in [9.17, 15) is 23.1 Å². The number of rotatable bonds is 15. The van der Waals surface area contributed by atoms with Crippen LogP contribution in [0.1, 0.15) is 31.2 Å². The minimum absolute atomic E-state index is 0.0918. The number of anilines is 1. The van der Waals surface area contributed by atoms with Crippen molar-refractivity contribution < 1.29 is 13.5 Å². The SMILES string of the molecule is Cn1c(=O)c2c(nc(NCc3ccccc3)n2CCCN2CCN(CC(O)CCCCS(=O)(=O)c3ccccc3)CC2)n(C)c1=O. The lowest BCUT2D eigenvalue weighted by Gasteiger charge is -2.35. The summed E-state index contributed by atoms with van der Waals surface area (Å²) in [6.45, 7) is 5.98. The van der Waals surface area contributed by atoms with Gasteiger partial charge in [-0.15, -0.1) is 0 Å². The summed E-state index contributed by atoms with van der Waals surface area (Å²) in [5.74, 6) is 0.655. The van der Waals surface area contributed by atoms with E-state index in [1.165, 1.54) is 11.6 Å². The average Bonchev–Trinajstić information content (AvgIpc) is 3.44. The molecule has 0 bridgehead atoms. The van der Waals surface area contributed by atoms with Gasteiger partial charge >= 0.3 is 5.69 Å². The van der Waals surface area contributed by atoms with Crippen LogP contribution in [0.3, 0.4) is 0 Å². The number of nitrogens with zero attached hydrogens (tertiary/aromatic N) is 6. The van der Waals surface area contributed by atoms with Crippen molar-refractivity contribution in [2.45, 2.75) is 49.8 Å². The molecule has 0 amide bonds. The Bertz CT molecular complexity index is 1810. The second-order valence-electron chi connectivity index (χ2n) is 12.1. The van der Waals surface area contributed by atoms with Crippen LogP contribution in [0, 0.1) is 0 Å². The molecule has 1 saturated heterocycles. The molecule has 0 spiro atoms. The highest BCUT2D eigenvalue weighted by atomic mass is 32.2. The first kappa shape index (κ1) is 33.6. The number of sulfone groups is 1. The van der Waals surface area contributed by atoms with Crippen LogP contribution in [0.15, 0.2) is 75.1 Å². The van der Waals surface area contributed by atoms with Crippen molar-refractivity contribution >= 4 is 26.9 Å². The molecule has 1 fully saturated rings. The van der Waals surface area contributed by atoms with Gasteiger partial charge in [-0.05, 0) is 49.9 Å². The van der Waals surface area contributed by atoms with Crippen LogP contribution in [0.5, 0.6) is 0 Å². The Morgan fingerprint density at radius 2 is 1.50 bits per heavy atom. The molecular weight excluding hydrogens is 606 g/mol. The highest BCUT2D eigenvalue weighted by molar-refractivity contribution is 7.91. The summed E-state index contributed by atoms with van der Waals surface area (Å²) in [7, 11) is -0.160. The molecule has 3 heterocycles. The third-order valence-corrected chi connectivity index (χ3v) is 10.6. The fourth-order valence-corrected chi connectivity index (χ4v) is 7.42. The number of unbranched alkanes of at least 4 members (excludes halogenated alkanes) is 1. The first-order valence-electron chi connectivity index (χ1n) is 16.0. The topological polar surface area (TPSA) is 135 Å². The summed E-state index contributed by atoms with van der Waals surface area (Å²) in [6, 6.07) is 18.5. The van der Waals surface area contributed by atoms with Gasteiger partial charge in [0.25, 0.3) is 5.56 Å². The molecule has 1 atom stereocenters. The molecule has 0 radical (unpaired) electrons. The number of nitrogens with one attached hydrogen (secondary N) is 1. The second-order valence-corrected chi connectivity index (χ2v) is 14.2. The number of aryl methyl sites for hydroxylation is 2. The van der Waals surface area contributed by atoms with Gasteiger partial charge in [0, 0.05) is 59.9 Å². The van der Waals surface area contributed by atoms with E-state index in [-0.39, 0.29) is 11.3 Å². The van der Waals surface area contributed by atoms with Gasteiger partial charge in [0.05, 0.1) is 16.8 Å². The Balaban J connectivity index is 1.09. The van der Waals surface area contributed by atoms with Crippen LogP contribution >= 0.6 is 0 Å². The smallest absolute Gasteiger partial charge is 0.332 e. The quantitative estimate of drug-likeness (QED) is 0.185. The van der Waals surface area contributed by atoms with Crippen molar-refractivity contribution in [2.24, 2.45) is 14.1 Å². The summed E-state index contributed by atoms with van der Waals surface area (Å²) in [4.78, 5) is 35.4. The predicted molar refractivity (Wildman–Crippen MR) is 180 cm³/mol. The number of aromatic nitrogens is 4. The normalized spacial score (nSPS) is 15.4. The van der Waals surface area contributed by atoms with Crippen molar-refractivity contribution in [1.29, 1.82) is 0 Å². The lowest BCUT2D eigenvalue weighted by Crippen LogP contribution is -2.48. The predicted octanol–water partition coefficient (Wildman–Crippen LogP) is 2.06. The van der Waals surface area contributed by atoms with Crippen LogP contribution in [0.4, 0.5) is 5.95 Å². The van der Waals surface area contributed by atoms with E-state index in [1.54, 1.807) is 37.4 Å². The van der Waals surface area contributed by atoms with E-state index < -0.39 is 21.6 Å². The van der Waals surface area contributed by atoms with Gasteiger partial charge in [-0.2, -0.15) is 4.98 Å². The van der Waals surface area contributed by atoms with Crippen LogP contribution in [0.25, 0.3) is 11.2 Å². The molecule has 1 unspecified atom stereocenters. The molecule has 2 aromatic heterocycles. The number of hydrogen-bond donors (Lipinski definition) is 2. The van der Waals surface area contributed by atoms with Gasteiger partial charge < -0.3 is 19.9 Å². The standard InChI is InChI=1S/C33H45N7O5S/c1-36-30-29(31(42)37(2)33(36)43)40(32(35-30)34-24-26-12-5-3-6-13-26)18-11-17-38-19-21-39(22-20-38)25-27(41)14-9-10-23-46(44,45)28-15-7-4-8-16-28/h3-8,12-13,15-16,27,41H,9-11,14,17-25H2,1-2H3,(H,34,35). The van der Waals surface area contributed by atoms with Crippen molar-refractivity contribution in [2.75, 3.05) is 50.3 Å². The Morgan fingerprint density at radius 3 is 2.20 bits per heavy atom. The molecule has 0 aliphatic carbocycles. The van der Waals surface area contributed by atoms with Crippen LogP contribution in [-0.2, 0) is 37.0 Å². The lowest BCUT2D eigenvalue weighted by molar-refractivity contribution is 0.0670. The Kier molecular flexibility index (Phi) is 11.1. The van der Waals surface area contributed by atoms with Gasteiger partial charge in [0.15, 0.2) is 21.0 Å². The van der Waals surface area contributed by atoms with Gasteiger partial charge in [-0.3, -0.25) is 18.8 Å². The molecule has 2 aromatic carbocycles. The zero-order valence-electron chi connectivity index (χ0n) is 26.7. The van der Waals surface area contributed by atoms with E-state index in [1.807, 2.05) is 34.9 Å². The summed E-state index contributed by atoms with van der Waals surface area (Å²) in [5, 5.41) is 14.0. The number of fused-ring (bicyclic) bond motifs is 1. The van der Waals surface area contributed by atoms with E-state index in [0.29, 0.717) is 60.9 Å². The number of aliphatic hydroxyl groups is 1. The minimum atomic E-state index is -3.29. The number of benzene rings is 2. The zero-order chi connectivity index (χ0) is 32.7. The number of β-amino-alcohol motifs (C(OH)–C–C–N with tert-alkyl or cyclic N) is 1. The fourth-order valence-electron chi connectivity index (χ4n) is 6.03. The molecule has 46 heavy (non-hydrogen) atoms. The Morgan fingerprint density at radius 1 is 0.848 bits per heavy atom. The Labute approximate surface area is 269 Å². The molecule has 5 rings (SSSR count). The van der Waals surface area contributed by atoms with Gasteiger partial charge in [-0.1, -0.05) is 48.5 Å². The third kappa shape index (κ3) is 8.13. The van der Waals surface area contributed by atoms with E-state index >= 15 is 0 Å². The van der Waals surface area contributed by atoms with Crippen molar-refractivity contribution in [1.82, 2.24) is 28.5 Å². The van der Waals surface area contributed by atoms with Gasteiger partial charge in [0.1, 0.15) is 0 Å². The molecular formula is C33H45N7O5S. The summed E-state index contributed by atoms with van der Waals surface area (Å²) >= 11 is 0. The molecule has 12 nitrogen and oxygen atoms in total. The van der Waals surface area contributed by atoms with Crippen LogP contribution in [-0.4, -0.2) is 93.1 Å². The number of piperazine rings is 1. The lowest BCUT2D eigenvalue weighted by atomic mass is 10.1. The van der Waals surface area contributed by atoms with Gasteiger partial charge in [0.2, 0.25) is 5.95 Å². The van der Waals surface area contributed by atoms with Gasteiger partial charge in [-0.25, -0.2) is 13.2 Å². The molecule has 13 heteroatoms. The molecule has 1 aliphatic rings. The highest BCUT2D eigenvalue weighted by Gasteiger charge is 2.22. The monoisotopic (exact) mass is 651 g/mol. The first-order chi connectivity index (χ1) is 22.1. The van der Waals surface area contributed by atoms with Crippen LogP contribution < -0.4 is 16.6 Å². The van der Waals surface area contributed by atoms with E-state index in [0.717, 1.165) is 49.3 Å². The first-order valence-corrected chi connectivity index (χ1v) is 17.6. The summed E-state index contributed by atoms with van der Waals surface area (Å²) in [6.07, 6.45) is 2.08. The number of aliphatic hydroxyl groups excluding tert-OH is 1. The maximum atomic E-state index is 13.2. The molecule has 2 N–H and O–H groups in total. The number of hydrogen-bond acceptors (Lipinski definition) is 9. The maximum absolute atomic E-state index is 13.2. The van der Waals surface area contributed by atoms with E-state index in [4.69, 9.17) is 0 Å². The maximum Gasteiger partial charge on any atom is 0.332 e. The van der Waals surface area contributed by atoms with Crippen molar-refractivity contribution in [3.63, 3.8) is 0 Å².